The van der Waals surface area contributed by atoms with E-state index in [-0.39, 0.29) is 19.1 Å². The number of rotatable bonds is 4. The first-order valence-electron chi connectivity index (χ1n) is 7.20. The maximum absolute atomic E-state index is 11.0. The molecule has 3 rings (SSSR count). The molecule has 0 aromatic carbocycles. The Hall–Kier alpha value is -1.75. The lowest BCUT2D eigenvalue weighted by atomic mass is 9.87. The lowest BCUT2D eigenvalue weighted by Crippen LogP contribution is -2.80. The molecule has 14 nitrogen and oxygen atoms in total. The molecule has 0 bridgehead atoms. The van der Waals surface area contributed by atoms with Crippen LogP contribution < -0.4 is 27.8 Å². The number of nitrogens with two attached hydrogens (primary N) is 3. The molecule has 0 saturated carbocycles. The number of nitrogens with one attached hydrogen (secondary N) is 2. The molecule has 0 aromatic heterocycles. The molecule has 2 saturated heterocycles. The number of nitrogens with zero attached hydrogens (tertiary/aromatic N) is 2. The molecular weight excluding hydrogens is 362 g/mol. The fraction of sp³-hybridized carbons (Fsp3) is 0.800. The van der Waals surface area contributed by atoms with E-state index in [1.165, 1.54) is 4.90 Å². The number of carbonyl (C=O) groups is 1. The van der Waals surface area contributed by atoms with E-state index in [4.69, 9.17) is 26.5 Å². The SMILES string of the molecule is NC(=O)OCC1NC(N)N2CC(OS(=O)(=O)O)C(O)C23NC(N)=NC13. The molecular formula is C10H19N7O7S. The summed E-state index contributed by atoms with van der Waals surface area (Å²) >= 11 is 0. The number of carbonyl (C=O) groups excluding carboxylic acids is 1. The van der Waals surface area contributed by atoms with Gasteiger partial charge in [-0.2, -0.15) is 8.42 Å². The van der Waals surface area contributed by atoms with Crippen molar-refractivity contribution in [2.24, 2.45) is 22.2 Å². The zero-order valence-corrected chi connectivity index (χ0v) is 13.6. The van der Waals surface area contributed by atoms with Crippen LogP contribution in [0.2, 0.25) is 0 Å². The minimum atomic E-state index is -4.81. The highest BCUT2D eigenvalue weighted by atomic mass is 32.3. The zero-order chi connectivity index (χ0) is 18.6. The van der Waals surface area contributed by atoms with Gasteiger partial charge in [0, 0.05) is 6.54 Å². The topological polar surface area (TPSA) is 228 Å². The monoisotopic (exact) mass is 381 g/mol. The summed E-state index contributed by atoms with van der Waals surface area (Å²) < 4.78 is 40.3. The number of hydrogen-bond acceptors (Lipinski definition) is 12. The van der Waals surface area contributed by atoms with Crippen LogP contribution >= 0.6 is 0 Å². The van der Waals surface area contributed by atoms with Crippen molar-refractivity contribution >= 4 is 22.5 Å². The van der Waals surface area contributed by atoms with E-state index >= 15 is 0 Å². The minimum absolute atomic E-state index is 0.0264. The maximum Gasteiger partial charge on any atom is 0.404 e. The van der Waals surface area contributed by atoms with Crippen LogP contribution in [0.1, 0.15) is 0 Å². The number of amides is 1. The fourth-order valence-electron chi connectivity index (χ4n) is 3.64. The summed E-state index contributed by atoms with van der Waals surface area (Å²) in [4.78, 5) is 16.5. The highest BCUT2D eigenvalue weighted by molar-refractivity contribution is 7.80. The summed E-state index contributed by atoms with van der Waals surface area (Å²) in [5.41, 5.74) is 15.3. The van der Waals surface area contributed by atoms with Gasteiger partial charge >= 0.3 is 16.5 Å². The molecule has 6 atom stereocenters. The van der Waals surface area contributed by atoms with E-state index in [9.17, 15) is 18.3 Å². The average molecular weight is 381 g/mol. The Balaban J connectivity index is 1.93. The van der Waals surface area contributed by atoms with Crippen molar-refractivity contribution in [1.29, 1.82) is 0 Å². The highest BCUT2D eigenvalue weighted by Gasteiger charge is 2.67. The van der Waals surface area contributed by atoms with E-state index in [0.29, 0.717) is 0 Å². The zero-order valence-electron chi connectivity index (χ0n) is 12.8. The Bertz CT molecular complexity index is 702. The van der Waals surface area contributed by atoms with Crippen LogP contribution in [0.25, 0.3) is 0 Å². The van der Waals surface area contributed by atoms with Crippen molar-refractivity contribution in [3.63, 3.8) is 0 Å². The van der Waals surface area contributed by atoms with Gasteiger partial charge in [-0.1, -0.05) is 0 Å². The van der Waals surface area contributed by atoms with Crippen LogP contribution in [-0.4, -0.2) is 84.4 Å². The molecule has 142 valence electrons. The van der Waals surface area contributed by atoms with Crippen molar-refractivity contribution in [2.75, 3.05) is 13.2 Å². The van der Waals surface area contributed by atoms with Gasteiger partial charge < -0.3 is 32.4 Å². The first-order chi connectivity index (χ1) is 11.5. The number of ether oxygens (including phenoxy) is 1. The minimum Gasteiger partial charge on any atom is -0.448 e. The number of aliphatic imine (C=N–C) groups is 1. The lowest BCUT2D eigenvalue weighted by Gasteiger charge is -2.50. The van der Waals surface area contributed by atoms with E-state index in [1.807, 2.05) is 0 Å². The van der Waals surface area contributed by atoms with Crippen molar-refractivity contribution < 1.29 is 31.8 Å². The molecule has 0 radical (unpaired) electrons. The standard InChI is InChI=1S/C10H19N7O7S/c11-7-15-5-3(2-23-9(13)19)14-8(12)17-1-4(24-25(20,21)22)6(18)10(5,17)16-7/h3-6,8,14,18H,1-2,12H2,(H2,13,19)(H3,11,15,16)(H,20,21,22). The highest BCUT2D eigenvalue weighted by Crippen LogP contribution is 2.40. The van der Waals surface area contributed by atoms with Gasteiger partial charge in [0.05, 0.1) is 6.04 Å². The Labute approximate surface area is 142 Å². The van der Waals surface area contributed by atoms with Crippen LogP contribution in [0.5, 0.6) is 0 Å². The summed E-state index contributed by atoms with van der Waals surface area (Å²) in [5, 5.41) is 16.4. The molecule has 6 unspecified atom stereocenters. The van der Waals surface area contributed by atoms with Crippen LogP contribution in [0.3, 0.4) is 0 Å². The first-order valence-corrected chi connectivity index (χ1v) is 8.57. The van der Waals surface area contributed by atoms with Gasteiger partial charge in [0.1, 0.15) is 36.8 Å². The number of primary amides is 1. The van der Waals surface area contributed by atoms with E-state index in [2.05, 4.69) is 19.8 Å². The lowest BCUT2D eigenvalue weighted by molar-refractivity contribution is -0.0778. The largest absolute Gasteiger partial charge is 0.448 e. The fourth-order valence-corrected chi connectivity index (χ4v) is 4.12. The van der Waals surface area contributed by atoms with Crippen molar-refractivity contribution in [2.45, 2.75) is 36.2 Å². The molecule has 25 heavy (non-hydrogen) atoms. The van der Waals surface area contributed by atoms with E-state index in [0.717, 1.165) is 0 Å². The predicted molar refractivity (Wildman–Crippen MR) is 80.8 cm³/mol. The van der Waals surface area contributed by atoms with Gasteiger partial charge in [-0.25, -0.2) is 18.9 Å². The van der Waals surface area contributed by atoms with Gasteiger partial charge in [-0.15, -0.1) is 0 Å². The third-order valence-electron chi connectivity index (χ3n) is 4.46. The molecule has 10 N–H and O–H groups in total. The summed E-state index contributed by atoms with van der Waals surface area (Å²) in [6.07, 6.45) is -4.70. The Morgan fingerprint density at radius 3 is 2.80 bits per heavy atom. The molecule has 3 aliphatic rings. The smallest absolute Gasteiger partial charge is 0.404 e. The van der Waals surface area contributed by atoms with Crippen molar-refractivity contribution in [3.8, 4) is 0 Å². The molecule has 3 heterocycles. The Morgan fingerprint density at radius 2 is 2.20 bits per heavy atom. The number of hydrogen-bond donors (Lipinski definition) is 7. The average Bonchev–Trinajstić information content (AvgIpc) is 2.95. The molecule has 0 aliphatic carbocycles. The molecule has 0 aromatic rings. The molecule has 3 aliphatic heterocycles. The van der Waals surface area contributed by atoms with Gasteiger partial charge in [-0.3, -0.25) is 9.87 Å². The van der Waals surface area contributed by atoms with Crippen LogP contribution in [0.15, 0.2) is 4.99 Å². The third kappa shape index (κ3) is 2.99. The molecule has 15 heteroatoms. The normalized spacial score (nSPS) is 40.8. The number of guanidine groups is 1. The van der Waals surface area contributed by atoms with Gasteiger partial charge in [0.2, 0.25) is 0 Å². The molecule has 1 spiro atoms. The second-order valence-electron chi connectivity index (χ2n) is 5.92. The second kappa shape index (κ2) is 5.90. The summed E-state index contributed by atoms with van der Waals surface area (Å²) in [5.74, 6) is -0.0264. The van der Waals surface area contributed by atoms with Crippen molar-refractivity contribution in [1.82, 2.24) is 15.5 Å². The van der Waals surface area contributed by atoms with Crippen molar-refractivity contribution in [3.05, 3.63) is 0 Å². The summed E-state index contributed by atoms with van der Waals surface area (Å²) in [6.45, 7) is -0.358. The van der Waals surface area contributed by atoms with Gasteiger partial charge in [0.25, 0.3) is 0 Å². The molecule has 2 fully saturated rings. The number of aliphatic hydroxyl groups is 1. The predicted octanol–water partition coefficient (Wildman–Crippen LogP) is -4.86. The maximum atomic E-state index is 11.0. The third-order valence-corrected chi connectivity index (χ3v) is 4.95. The van der Waals surface area contributed by atoms with Gasteiger partial charge in [0.15, 0.2) is 5.96 Å². The second-order valence-corrected chi connectivity index (χ2v) is 6.97. The van der Waals surface area contributed by atoms with E-state index < -0.39 is 52.7 Å². The van der Waals surface area contributed by atoms with E-state index in [1.54, 1.807) is 0 Å². The Morgan fingerprint density at radius 1 is 1.52 bits per heavy atom. The van der Waals surface area contributed by atoms with Crippen LogP contribution in [-0.2, 0) is 19.3 Å². The van der Waals surface area contributed by atoms with Crippen LogP contribution in [0, 0.1) is 0 Å². The van der Waals surface area contributed by atoms with Gasteiger partial charge in [-0.05, 0) is 0 Å². The summed E-state index contributed by atoms with van der Waals surface area (Å²) in [6, 6.07) is -1.48. The first kappa shape index (κ1) is 18.1. The summed E-state index contributed by atoms with van der Waals surface area (Å²) in [7, 11) is -4.81. The quantitative estimate of drug-likeness (QED) is 0.227. The Kier molecular flexibility index (Phi) is 4.26. The van der Waals surface area contributed by atoms with Crippen LogP contribution in [0.4, 0.5) is 4.79 Å². The number of aliphatic hydroxyl groups excluding tert-OH is 1. The molecule has 1 amide bonds.